The number of aromatic nitrogens is 2. The number of nitrogens with two attached hydrogens (primary N) is 1. The lowest BCUT2D eigenvalue weighted by Crippen LogP contribution is -2.31. The van der Waals surface area contributed by atoms with Crippen LogP contribution in [0.25, 0.3) is 0 Å². The second-order valence-electron chi connectivity index (χ2n) is 4.55. The molecule has 0 aromatic carbocycles. The Labute approximate surface area is 116 Å². The van der Waals surface area contributed by atoms with Crippen molar-refractivity contribution in [1.29, 1.82) is 0 Å². The molecule has 100 valence electrons. The molecule has 1 aromatic rings. The maximum atomic E-state index is 5.86. The van der Waals surface area contributed by atoms with Crippen LogP contribution in [-0.2, 0) is 4.74 Å². The minimum Gasteiger partial charge on any atom is -0.376 e. The third-order valence-electron chi connectivity index (χ3n) is 3.13. The van der Waals surface area contributed by atoms with Gasteiger partial charge in [-0.25, -0.2) is 9.97 Å². The van der Waals surface area contributed by atoms with Crippen LogP contribution in [0.15, 0.2) is 17.0 Å². The lowest BCUT2D eigenvalue weighted by Gasteiger charge is -2.26. The summed E-state index contributed by atoms with van der Waals surface area (Å²) in [6.45, 7) is 1.44. The van der Waals surface area contributed by atoms with Gasteiger partial charge in [0.25, 0.3) is 0 Å². The molecule has 1 aliphatic carbocycles. The van der Waals surface area contributed by atoms with Crippen molar-refractivity contribution < 1.29 is 4.74 Å². The molecule has 3 N–H and O–H groups in total. The zero-order valence-corrected chi connectivity index (χ0v) is 11.9. The van der Waals surface area contributed by atoms with E-state index in [1.807, 2.05) is 0 Å². The standard InChI is InChI=1S/C12H19BrN4O/c13-11-7-15-8-17-12(11)16-5-6-18-10-3-1-9(14)2-4-10/h7-10H,1-6,14H2,(H,15,16,17). The molecule has 1 fully saturated rings. The Morgan fingerprint density at radius 1 is 1.39 bits per heavy atom. The Morgan fingerprint density at radius 3 is 2.89 bits per heavy atom. The van der Waals surface area contributed by atoms with E-state index in [0.29, 0.717) is 18.8 Å². The van der Waals surface area contributed by atoms with E-state index in [1.54, 1.807) is 6.20 Å². The Hall–Kier alpha value is -0.720. The van der Waals surface area contributed by atoms with Crippen LogP contribution < -0.4 is 11.1 Å². The van der Waals surface area contributed by atoms with E-state index >= 15 is 0 Å². The molecular weight excluding hydrogens is 296 g/mol. The van der Waals surface area contributed by atoms with Crippen molar-refractivity contribution >= 4 is 21.7 Å². The summed E-state index contributed by atoms with van der Waals surface area (Å²) >= 11 is 3.39. The molecule has 0 atom stereocenters. The number of anilines is 1. The molecule has 1 saturated carbocycles. The zero-order chi connectivity index (χ0) is 12.8. The second-order valence-corrected chi connectivity index (χ2v) is 5.41. The van der Waals surface area contributed by atoms with Gasteiger partial charge in [-0.05, 0) is 41.6 Å². The van der Waals surface area contributed by atoms with Gasteiger partial charge in [-0.15, -0.1) is 0 Å². The molecule has 6 heteroatoms. The van der Waals surface area contributed by atoms with Crippen molar-refractivity contribution in [3.8, 4) is 0 Å². The largest absolute Gasteiger partial charge is 0.376 e. The van der Waals surface area contributed by atoms with E-state index in [1.165, 1.54) is 6.33 Å². The number of nitrogens with zero attached hydrogens (tertiary/aromatic N) is 2. The molecule has 0 aliphatic heterocycles. The van der Waals surface area contributed by atoms with Crippen LogP contribution in [0, 0.1) is 0 Å². The normalized spacial score (nSPS) is 23.9. The molecule has 0 amide bonds. The highest BCUT2D eigenvalue weighted by atomic mass is 79.9. The number of rotatable bonds is 5. The lowest BCUT2D eigenvalue weighted by atomic mass is 9.94. The summed E-state index contributed by atoms with van der Waals surface area (Å²) in [5, 5.41) is 3.21. The highest BCUT2D eigenvalue weighted by Gasteiger charge is 2.18. The van der Waals surface area contributed by atoms with Gasteiger partial charge in [-0.2, -0.15) is 0 Å². The second kappa shape index (κ2) is 7.01. The molecule has 0 saturated heterocycles. The van der Waals surface area contributed by atoms with Crippen molar-refractivity contribution in [2.45, 2.75) is 37.8 Å². The highest BCUT2D eigenvalue weighted by Crippen LogP contribution is 2.20. The van der Waals surface area contributed by atoms with E-state index in [-0.39, 0.29) is 0 Å². The van der Waals surface area contributed by atoms with Gasteiger partial charge in [-0.3, -0.25) is 0 Å². The van der Waals surface area contributed by atoms with Crippen LogP contribution in [-0.4, -0.2) is 35.3 Å². The van der Waals surface area contributed by atoms with E-state index in [0.717, 1.165) is 42.5 Å². The van der Waals surface area contributed by atoms with E-state index in [4.69, 9.17) is 10.5 Å². The Balaban J connectivity index is 1.63. The summed E-state index contributed by atoms with van der Waals surface area (Å²) in [7, 11) is 0. The van der Waals surface area contributed by atoms with E-state index in [9.17, 15) is 0 Å². The van der Waals surface area contributed by atoms with Gasteiger partial charge in [-0.1, -0.05) is 0 Å². The Kier molecular flexibility index (Phi) is 5.34. The fourth-order valence-electron chi connectivity index (χ4n) is 2.09. The molecule has 1 aliphatic rings. The maximum absolute atomic E-state index is 5.86. The molecular formula is C12H19BrN4O. The van der Waals surface area contributed by atoms with E-state index < -0.39 is 0 Å². The Bertz CT molecular complexity index is 369. The van der Waals surface area contributed by atoms with Crippen molar-refractivity contribution in [3.63, 3.8) is 0 Å². The first-order chi connectivity index (χ1) is 8.75. The SMILES string of the molecule is NC1CCC(OCCNc2ncncc2Br)CC1. The molecule has 1 aromatic heterocycles. The summed E-state index contributed by atoms with van der Waals surface area (Å²) in [5.41, 5.74) is 5.86. The minimum absolute atomic E-state index is 0.375. The molecule has 0 bridgehead atoms. The molecule has 0 spiro atoms. The fraction of sp³-hybridized carbons (Fsp3) is 0.667. The average molecular weight is 315 g/mol. The predicted octanol–water partition coefficient (Wildman–Crippen LogP) is 1.94. The number of hydrogen-bond acceptors (Lipinski definition) is 5. The van der Waals surface area contributed by atoms with Crippen LogP contribution >= 0.6 is 15.9 Å². The van der Waals surface area contributed by atoms with Crippen molar-refractivity contribution in [1.82, 2.24) is 9.97 Å². The summed E-state index contributed by atoms with van der Waals surface area (Å²) in [5.74, 6) is 0.805. The van der Waals surface area contributed by atoms with Crippen LogP contribution in [0.1, 0.15) is 25.7 Å². The lowest BCUT2D eigenvalue weighted by molar-refractivity contribution is 0.0313. The average Bonchev–Trinajstić information content (AvgIpc) is 2.39. The maximum Gasteiger partial charge on any atom is 0.143 e. The van der Waals surface area contributed by atoms with Crippen LogP contribution in [0.4, 0.5) is 5.82 Å². The summed E-state index contributed by atoms with van der Waals surface area (Å²) in [6.07, 6.45) is 7.94. The smallest absolute Gasteiger partial charge is 0.143 e. The molecule has 2 rings (SSSR count). The van der Waals surface area contributed by atoms with Gasteiger partial charge in [0.2, 0.25) is 0 Å². The summed E-state index contributed by atoms with van der Waals surface area (Å²) in [4.78, 5) is 8.04. The van der Waals surface area contributed by atoms with Crippen LogP contribution in [0.2, 0.25) is 0 Å². The quantitative estimate of drug-likeness (QED) is 0.813. The topological polar surface area (TPSA) is 73.1 Å². The highest BCUT2D eigenvalue weighted by molar-refractivity contribution is 9.10. The predicted molar refractivity (Wildman–Crippen MR) is 74.4 cm³/mol. The minimum atomic E-state index is 0.375. The number of hydrogen-bond donors (Lipinski definition) is 2. The zero-order valence-electron chi connectivity index (χ0n) is 10.3. The molecule has 0 radical (unpaired) electrons. The fourth-order valence-corrected chi connectivity index (χ4v) is 2.45. The summed E-state index contributed by atoms with van der Waals surface area (Å²) < 4.78 is 6.69. The number of nitrogens with one attached hydrogen (secondary N) is 1. The third-order valence-corrected chi connectivity index (χ3v) is 3.71. The van der Waals surface area contributed by atoms with Gasteiger partial charge in [0.15, 0.2) is 0 Å². The van der Waals surface area contributed by atoms with Gasteiger partial charge in [0, 0.05) is 18.8 Å². The molecule has 5 nitrogen and oxygen atoms in total. The van der Waals surface area contributed by atoms with E-state index in [2.05, 4.69) is 31.2 Å². The molecule has 18 heavy (non-hydrogen) atoms. The van der Waals surface area contributed by atoms with Crippen molar-refractivity contribution in [2.24, 2.45) is 5.73 Å². The first-order valence-electron chi connectivity index (χ1n) is 6.32. The first-order valence-corrected chi connectivity index (χ1v) is 7.11. The van der Waals surface area contributed by atoms with Gasteiger partial charge in [0.05, 0.1) is 17.2 Å². The Morgan fingerprint density at radius 2 is 2.17 bits per heavy atom. The monoisotopic (exact) mass is 314 g/mol. The molecule has 1 heterocycles. The van der Waals surface area contributed by atoms with Crippen LogP contribution in [0.3, 0.4) is 0 Å². The number of ether oxygens (including phenoxy) is 1. The molecule has 0 unspecified atom stereocenters. The van der Waals surface area contributed by atoms with Gasteiger partial charge in [0.1, 0.15) is 12.1 Å². The summed E-state index contributed by atoms with van der Waals surface area (Å²) in [6, 6.07) is 0.375. The van der Waals surface area contributed by atoms with Crippen molar-refractivity contribution in [2.75, 3.05) is 18.5 Å². The van der Waals surface area contributed by atoms with Crippen LogP contribution in [0.5, 0.6) is 0 Å². The first kappa shape index (κ1) is 13.7. The third kappa shape index (κ3) is 4.19. The number of halogens is 1. The van der Waals surface area contributed by atoms with Gasteiger partial charge >= 0.3 is 0 Å². The van der Waals surface area contributed by atoms with Gasteiger partial charge < -0.3 is 15.8 Å². The van der Waals surface area contributed by atoms with Crippen molar-refractivity contribution in [3.05, 3.63) is 17.0 Å².